The highest BCUT2D eigenvalue weighted by Crippen LogP contribution is 2.77. The Morgan fingerprint density at radius 1 is 0.886 bits per heavy atom. The second-order valence-corrected chi connectivity index (χ2v) is 19.2. The van der Waals surface area contributed by atoms with Gasteiger partial charge in [0.1, 0.15) is 13.6 Å². The van der Waals surface area contributed by atoms with Gasteiger partial charge in [-0.25, -0.2) is 0 Å². The summed E-state index contributed by atoms with van der Waals surface area (Å²) < 4.78 is 11.3. The summed E-state index contributed by atoms with van der Waals surface area (Å²) in [6.07, 6.45) is 12.5. The van der Waals surface area contributed by atoms with Crippen LogP contribution >= 0.6 is 23.2 Å². The van der Waals surface area contributed by atoms with E-state index in [0.717, 1.165) is 42.9 Å². The fourth-order valence-corrected chi connectivity index (χ4v) is 14.0. The molecule has 1 aromatic carbocycles. The number of benzene rings is 1. The molecule has 5 aliphatic carbocycles. The van der Waals surface area contributed by atoms with Gasteiger partial charge in [0.2, 0.25) is 0 Å². The lowest BCUT2D eigenvalue weighted by molar-refractivity contribution is -0.757. The summed E-state index contributed by atoms with van der Waals surface area (Å²) in [5.74, 6) is 2.90. The Morgan fingerprint density at radius 3 is 2.39 bits per heavy atom. The van der Waals surface area contributed by atoms with E-state index in [0.29, 0.717) is 43.7 Å². The Labute approximate surface area is 275 Å². The quantitative estimate of drug-likeness (QED) is 0.307. The predicted molar refractivity (Wildman–Crippen MR) is 177 cm³/mol. The van der Waals surface area contributed by atoms with Crippen LogP contribution in [-0.2, 0) is 30.2 Å². The first kappa shape index (κ1) is 30.2. The van der Waals surface area contributed by atoms with Gasteiger partial charge in [0, 0.05) is 11.8 Å². The molecule has 9 atom stereocenters. The van der Waals surface area contributed by atoms with Crippen LogP contribution in [0.1, 0.15) is 117 Å². The number of hydrogen-bond donors (Lipinski definition) is 0. The minimum Gasteiger partial charge on any atom is -0.377 e. The maximum absolute atomic E-state index is 6.81. The molecule has 1 aliphatic heterocycles. The standard InChI is InChI=1S/C38H54Cl2N3O/c1-33(2)15-17-38-18-16-36(6)24(30(38)32(33)44-22-38)10-12-29-35(5)20-27-31(34(3,4)28(35)13-14-37(29,36)7)43(41-42(27)8)21-23-9-11-25(39)26(40)19-23/h9,11,19,24,28-30,32H,10,12-18,20-22H2,1-8H3/q+1/t24-,28+,29-,30+,32-,35+,36-,37-,38-/m1/s1. The van der Waals surface area contributed by atoms with Gasteiger partial charge in [0.15, 0.2) is 11.4 Å². The SMILES string of the molecule is Cn1n[n+](Cc2ccc(Cl)c(Cl)c2)c2c1C[C@]1(C)[C@H]3CC[C@@H]4[C@H]5[C@H]6OC[C@@]5(CCC6(C)C)CC[C@@]4(C)[C@]3(C)CC[C@H]1C2(C)C. The molecule has 0 spiro atoms. The van der Waals surface area contributed by atoms with Crippen molar-refractivity contribution in [1.29, 1.82) is 0 Å². The number of aryl methyl sites for hydroxylation is 1. The van der Waals surface area contributed by atoms with Crippen molar-refractivity contribution in [3.05, 3.63) is 45.2 Å². The molecular weight excluding hydrogens is 585 g/mol. The van der Waals surface area contributed by atoms with Crippen molar-refractivity contribution >= 4 is 23.2 Å². The zero-order chi connectivity index (χ0) is 31.2. The first-order valence-electron chi connectivity index (χ1n) is 17.6. The molecule has 1 saturated heterocycles. The van der Waals surface area contributed by atoms with Crippen LogP contribution in [0.2, 0.25) is 10.0 Å². The van der Waals surface area contributed by atoms with E-state index < -0.39 is 0 Å². The summed E-state index contributed by atoms with van der Waals surface area (Å²) in [4.78, 5) is 0. The van der Waals surface area contributed by atoms with Gasteiger partial charge in [0.25, 0.3) is 0 Å². The van der Waals surface area contributed by atoms with Gasteiger partial charge < -0.3 is 4.74 Å². The molecule has 5 fully saturated rings. The number of nitrogens with zero attached hydrogens (tertiary/aromatic N) is 3. The summed E-state index contributed by atoms with van der Waals surface area (Å²) in [5.41, 5.74) is 5.78. The minimum absolute atomic E-state index is 0.0306. The summed E-state index contributed by atoms with van der Waals surface area (Å²) in [5, 5.41) is 6.37. The molecule has 0 unspecified atom stereocenters. The third-order valence-corrected chi connectivity index (χ3v) is 16.6. The molecular formula is C38H54Cl2N3O+. The van der Waals surface area contributed by atoms with E-state index >= 15 is 0 Å². The van der Waals surface area contributed by atoms with Gasteiger partial charge in [-0.1, -0.05) is 77.7 Å². The van der Waals surface area contributed by atoms with Gasteiger partial charge in [-0.05, 0) is 120 Å². The van der Waals surface area contributed by atoms with Crippen molar-refractivity contribution < 1.29 is 9.42 Å². The van der Waals surface area contributed by atoms with E-state index in [2.05, 4.69) is 70.9 Å². The van der Waals surface area contributed by atoms with Crippen LogP contribution in [-0.4, -0.2) is 22.6 Å². The Hall–Kier alpha value is -1.10. The van der Waals surface area contributed by atoms with Crippen molar-refractivity contribution in [2.75, 3.05) is 6.61 Å². The van der Waals surface area contributed by atoms with Gasteiger partial charge in [-0.3, -0.25) is 0 Å². The first-order chi connectivity index (χ1) is 20.6. The molecule has 1 aromatic heterocycles. The Bertz CT molecular complexity index is 1530. The van der Waals surface area contributed by atoms with Crippen LogP contribution in [0.5, 0.6) is 0 Å². The fraction of sp³-hybridized carbons (Fsp3) is 0.789. The highest BCUT2D eigenvalue weighted by Gasteiger charge is 2.73. The Kier molecular flexibility index (Phi) is 6.38. The molecule has 240 valence electrons. The average Bonchev–Trinajstić information content (AvgIpc) is 3.44. The summed E-state index contributed by atoms with van der Waals surface area (Å²) >= 11 is 12.7. The first-order valence-corrected chi connectivity index (χ1v) is 18.4. The molecule has 2 bridgehead atoms. The monoisotopic (exact) mass is 638 g/mol. The van der Waals surface area contributed by atoms with Crippen molar-refractivity contribution in [1.82, 2.24) is 9.90 Å². The lowest BCUT2D eigenvalue weighted by Crippen LogP contribution is -2.68. The van der Waals surface area contributed by atoms with Crippen LogP contribution in [0.15, 0.2) is 18.2 Å². The molecule has 44 heavy (non-hydrogen) atoms. The molecule has 4 nitrogen and oxygen atoms in total. The number of aromatic nitrogens is 3. The third-order valence-electron chi connectivity index (χ3n) is 15.9. The summed E-state index contributed by atoms with van der Waals surface area (Å²) in [6, 6.07) is 6.00. The van der Waals surface area contributed by atoms with Gasteiger partial charge in [-0.15, -0.1) is 9.36 Å². The number of halogens is 2. The Balaban J connectivity index is 1.16. The summed E-state index contributed by atoms with van der Waals surface area (Å²) in [6.45, 7) is 20.0. The maximum atomic E-state index is 6.81. The third kappa shape index (κ3) is 3.69. The normalized spacial score (nSPS) is 44.6. The molecule has 6 aliphatic rings. The van der Waals surface area contributed by atoms with Crippen LogP contribution in [0.4, 0.5) is 0 Å². The van der Waals surface area contributed by atoms with E-state index in [1.165, 1.54) is 62.8 Å². The lowest BCUT2D eigenvalue weighted by Gasteiger charge is -2.72. The molecule has 0 radical (unpaired) electrons. The average molecular weight is 640 g/mol. The fourth-order valence-electron chi connectivity index (χ4n) is 13.7. The zero-order valence-electron chi connectivity index (χ0n) is 28.4. The van der Waals surface area contributed by atoms with Gasteiger partial charge in [0.05, 0.1) is 28.0 Å². The van der Waals surface area contributed by atoms with Gasteiger partial charge in [-0.2, -0.15) is 0 Å². The van der Waals surface area contributed by atoms with E-state index in [1.54, 1.807) is 0 Å². The van der Waals surface area contributed by atoms with Crippen molar-refractivity contribution in [3.8, 4) is 0 Å². The topological polar surface area (TPSA) is 30.9 Å². The second kappa shape index (κ2) is 9.28. The van der Waals surface area contributed by atoms with E-state index in [-0.39, 0.29) is 10.8 Å². The zero-order valence-corrected chi connectivity index (χ0v) is 29.9. The number of fused-ring (bicyclic) bond motifs is 6. The van der Waals surface area contributed by atoms with Crippen molar-refractivity contribution in [2.45, 2.75) is 124 Å². The number of ether oxygens (including phenoxy) is 1. The lowest BCUT2D eigenvalue weighted by atomic mass is 9.31. The predicted octanol–water partition coefficient (Wildman–Crippen LogP) is 8.97. The number of hydrogen-bond acceptors (Lipinski definition) is 2. The van der Waals surface area contributed by atoms with Gasteiger partial charge >= 0.3 is 0 Å². The van der Waals surface area contributed by atoms with Crippen molar-refractivity contribution in [3.63, 3.8) is 0 Å². The summed E-state index contributed by atoms with van der Waals surface area (Å²) in [7, 11) is 2.17. The van der Waals surface area contributed by atoms with E-state index in [9.17, 15) is 0 Å². The molecule has 0 N–H and O–H groups in total. The molecule has 0 amide bonds. The minimum atomic E-state index is 0.0306. The largest absolute Gasteiger partial charge is 0.377 e. The molecule has 8 rings (SSSR count). The van der Waals surface area contributed by atoms with Crippen LogP contribution in [0, 0.1) is 50.7 Å². The van der Waals surface area contributed by atoms with Crippen molar-refractivity contribution in [2.24, 2.45) is 57.8 Å². The van der Waals surface area contributed by atoms with Crippen LogP contribution < -0.4 is 4.68 Å². The maximum Gasteiger partial charge on any atom is 0.177 e. The second-order valence-electron chi connectivity index (χ2n) is 18.4. The number of rotatable bonds is 2. The smallest absolute Gasteiger partial charge is 0.177 e. The van der Waals surface area contributed by atoms with Crippen LogP contribution in [0.3, 0.4) is 0 Å². The van der Waals surface area contributed by atoms with Crippen LogP contribution in [0.25, 0.3) is 0 Å². The molecule has 6 heteroatoms. The molecule has 4 saturated carbocycles. The molecule has 2 heterocycles. The Morgan fingerprint density at radius 2 is 1.64 bits per heavy atom. The molecule has 2 aromatic rings. The van der Waals surface area contributed by atoms with E-state index in [1.807, 2.05) is 12.1 Å². The highest BCUT2D eigenvalue weighted by molar-refractivity contribution is 6.42. The highest BCUT2D eigenvalue weighted by atomic mass is 35.5. The van der Waals surface area contributed by atoms with E-state index in [4.69, 9.17) is 33.2 Å².